The largest absolute Gasteiger partial charge is 0.358 e. The molecular formula is C14H13N3. The van der Waals surface area contributed by atoms with Crippen molar-refractivity contribution in [2.45, 2.75) is 13.8 Å². The second kappa shape index (κ2) is 3.70. The first-order valence-corrected chi connectivity index (χ1v) is 5.63. The fourth-order valence-corrected chi connectivity index (χ4v) is 2.08. The summed E-state index contributed by atoms with van der Waals surface area (Å²) in [5.41, 5.74) is 5.70. The van der Waals surface area contributed by atoms with Gasteiger partial charge in [0, 0.05) is 28.4 Å². The standard InChI is InChI=1S/C14H13N3/c1-9-10(2)16-14-6-5-11(8-12(9)14)13-4-3-7-15-17-13/h3-8,16H,1-2H3. The molecule has 0 unspecified atom stereocenters. The van der Waals surface area contributed by atoms with E-state index in [2.05, 4.69) is 47.2 Å². The van der Waals surface area contributed by atoms with Crippen LogP contribution in [-0.4, -0.2) is 15.2 Å². The molecule has 0 aliphatic rings. The molecule has 0 saturated carbocycles. The summed E-state index contributed by atoms with van der Waals surface area (Å²) < 4.78 is 0. The second-order valence-electron chi connectivity index (χ2n) is 4.24. The van der Waals surface area contributed by atoms with Gasteiger partial charge in [-0.2, -0.15) is 10.2 Å². The molecule has 0 bridgehead atoms. The van der Waals surface area contributed by atoms with Crippen LogP contribution in [-0.2, 0) is 0 Å². The number of aryl methyl sites for hydroxylation is 2. The molecule has 3 rings (SSSR count). The lowest BCUT2D eigenvalue weighted by Crippen LogP contribution is -1.85. The maximum atomic E-state index is 4.13. The molecule has 2 aromatic heterocycles. The molecule has 1 aromatic carbocycles. The van der Waals surface area contributed by atoms with Crippen LogP contribution < -0.4 is 0 Å². The van der Waals surface area contributed by atoms with E-state index in [4.69, 9.17) is 0 Å². The summed E-state index contributed by atoms with van der Waals surface area (Å²) in [5.74, 6) is 0. The average molecular weight is 223 g/mol. The van der Waals surface area contributed by atoms with Crippen LogP contribution in [0.15, 0.2) is 36.5 Å². The molecule has 2 heterocycles. The first-order valence-electron chi connectivity index (χ1n) is 5.63. The summed E-state index contributed by atoms with van der Waals surface area (Å²) in [4.78, 5) is 3.37. The third-order valence-corrected chi connectivity index (χ3v) is 3.18. The van der Waals surface area contributed by atoms with Gasteiger partial charge in [0.25, 0.3) is 0 Å². The van der Waals surface area contributed by atoms with Crippen LogP contribution in [0, 0.1) is 13.8 Å². The van der Waals surface area contributed by atoms with E-state index in [0.29, 0.717) is 0 Å². The number of hydrogen-bond donors (Lipinski definition) is 1. The van der Waals surface area contributed by atoms with Crippen LogP contribution in [0.3, 0.4) is 0 Å². The molecule has 0 spiro atoms. The van der Waals surface area contributed by atoms with Gasteiger partial charge in [0.2, 0.25) is 0 Å². The van der Waals surface area contributed by atoms with Crippen molar-refractivity contribution in [2.75, 3.05) is 0 Å². The molecule has 1 N–H and O–H groups in total. The summed E-state index contributed by atoms with van der Waals surface area (Å²) in [6, 6.07) is 10.2. The Morgan fingerprint density at radius 2 is 2.00 bits per heavy atom. The Bertz CT molecular complexity index is 669. The highest BCUT2D eigenvalue weighted by Crippen LogP contribution is 2.26. The van der Waals surface area contributed by atoms with Crippen LogP contribution in [0.1, 0.15) is 11.3 Å². The van der Waals surface area contributed by atoms with Gasteiger partial charge in [-0.25, -0.2) is 0 Å². The molecule has 84 valence electrons. The fraction of sp³-hybridized carbons (Fsp3) is 0.143. The van der Waals surface area contributed by atoms with Crippen molar-refractivity contribution >= 4 is 10.9 Å². The van der Waals surface area contributed by atoms with E-state index in [9.17, 15) is 0 Å². The van der Waals surface area contributed by atoms with Gasteiger partial charge in [0.15, 0.2) is 0 Å². The predicted molar refractivity (Wildman–Crippen MR) is 68.8 cm³/mol. The fourth-order valence-electron chi connectivity index (χ4n) is 2.08. The molecule has 0 amide bonds. The van der Waals surface area contributed by atoms with E-state index < -0.39 is 0 Å². The monoisotopic (exact) mass is 223 g/mol. The summed E-state index contributed by atoms with van der Waals surface area (Å²) >= 11 is 0. The predicted octanol–water partition coefficient (Wildman–Crippen LogP) is 3.24. The average Bonchev–Trinajstić information content (AvgIpc) is 2.66. The Labute approximate surface area is 99.5 Å². The van der Waals surface area contributed by atoms with E-state index in [1.54, 1.807) is 6.20 Å². The summed E-state index contributed by atoms with van der Waals surface area (Å²) in [6.45, 7) is 4.23. The summed E-state index contributed by atoms with van der Waals surface area (Å²) in [5, 5.41) is 9.30. The molecule has 0 fully saturated rings. The Morgan fingerprint density at radius 1 is 1.12 bits per heavy atom. The SMILES string of the molecule is Cc1[nH]c2ccc(-c3cccnn3)cc2c1C. The molecule has 17 heavy (non-hydrogen) atoms. The van der Waals surface area contributed by atoms with Crippen molar-refractivity contribution in [2.24, 2.45) is 0 Å². The Hall–Kier alpha value is -2.16. The molecule has 3 heteroatoms. The topological polar surface area (TPSA) is 41.6 Å². The van der Waals surface area contributed by atoms with Crippen molar-refractivity contribution in [3.05, 3.63) is 47.8 Å². The Kier molecular flexibility index (Phi) is 2.18. The zero-order valence-electron chi connectivity index (χ0n) is 9.86. The zero-order chi connectivity index (χ0) is 11.8. The Morgan fingerprint density at radius 3 is 2.76 bits per heavy atom. The molecule has 3 aromatic rings. The molecular weight excluding hydrogens is 210 g/mol. The van der Waals surface area contributed by atoms with Gasteiger partial charge in [-0.3, -0.25) is 0 Å². The van der Waals surface area contributed by atoms with Crippen molar-refractivity contribution in [1.29, 1.82) is 0 Å². The van der Waals surface area contributed by atoms with Gasteiger partial charge < -0.3 is 4.98 Å². The molecule has 3 nitrogen and oxygen atoms in total. The number of benzene rings is 1. The van der Waals surface area contributed by atoms with E-state index >= 15 is 0 Å². The minimum atomic E-state index is 0.910. The van der Waals surface area contributed by atoms with Gasteiger partial charge in [0.1, 0.15) is 0 Å². The molecule has 0 aliphatic heterocycles. The second-order valence-corrected chi connectivity index (χ2v) is 4.24. The maximum absolute atomic E-state index is 4.13. The maximum Gasteiger partial charge on any atom is 0.0929 e. The minimum Gasteiger partial charge on any atom is -0.358 e. The summed E-state index contributed by atoms with van der Waals surface area (Å²) in [6.07, 6.45) is 1.69. The normalized spacial score (nSPS) is 10.9. The highest BCUT2D eigenvalue weighted by molar-refractivity contribution is 5.88. The number of nitrogens with zero attached hydrogens (tertiary/aromatic N) is 2. The molecule has 0 radical (unpaired) electrons. The van der Waals surface area contributed by atoms with Crippen molar-refractivity contribution in [3.8, 4) is 11.3 Å². The number of nitrogens with one attached hydrogen (secondary N) is 1. The van der Waals surface area contributed by atoms with E-state index in [0.717, 1.165) is 11.3 Å². The van der Waals surface area contributed by atoms with E-state index in [1.807, 2.05) is 12.1 Å². The number of aromatic nitrogens is 3. The van der Waals surface area contributed by atoms with Gasteiger partial charge in [0.05, 0.1) is 5.69 Å². The minimum absolute atomic E-state index is 0.910. The van der Waals surface area contributed by atoms with E-state index in [-0.39, 0.29) is 0 Å². The van der Waals surface area contributed by atoms with Crippen molar-refractivity contribution in [3.63, 3.8) is 0 Å². The van der Waals surface area contributed by atoms with Crippen LogP contribution in [0.5, 0.6) is 0 Å². The zero-order valence-corrected chi connectivity index (χ0v) is 9.86. The van der Waals surface area contributed by atoms with Crippen LogP contribution in [0.4, 0.5) is 0 Å². The number of H-pyrrole nitrogens is 1. The number of rotatable bonds is 1. The van der Waals surface area contributed by atoms with Gasteiger partial charge in [-0.15, -0.1) is 0 Å². The lowest BCUT2D eigenvalue weighted by Gasteiger charge is -2.00. The quantitative estimate of drug-likeness (QED) is 0.688. The first-order chi connectivity index (χ1) is 8.25. The molecule has 0 atom stereocenters. The molecule has 0 aliphatic carbocycles. The highest BCUT2D eigenvalue weighted by Gasteiger charge is 2.06. The number of fused-ring (bicyclic) bond motifs is 1. The highest BCUT2D eigenvalue weighted by atomic mass is 15.1. The van der Waals surface area contributed by atoms with Gasteiger partial charge >= 0.3 is 0 Å². The number of hydrogen-bond acceptors (Lipinski definition) is 2. The lowest BCUT2D eigenvalue weighted by atomic mass is 10.1. The molecule has 0 saturated heterocycles. The van der Waals surface area contributed by atoms with Gasteiger partial charge in [-0.1, -0.05) is 6.07 Å². The summed E-state index contributed by atoms with van der Waals surface area (Å²) in [7, 11) is 0. The van der Waals surface area contributed by atoms with Crippen LogP contribution in [0.2, 0.25) is 0 Å². The third-order valence-electron chi connectivity index (χ3n) is 3.18. The van der Waals surface area contributed by atoms with E-state index in [1.165, 1.54) is 22.2 Å². The number of aromatic amines is 1. The lowest BCUT2D eigenvalue weighted by molar-refractivity contribution is 1.04. The van der Waals surface area contributed by atoms with Crippen LogP contribution >= 0.6 is 0 Å². The third kappa shape index (κ3) is 1.60. The smallest absolute Gasteiger partial charge is 0.0929 e. The van der Waals surface area contributed by atoms with Crippen molar-refractivity contribution in [1.82, 2.24) is 15.2 Å². The first kappa shape index (κ1) is 10.0. The van der Waals surface area contributed by atoms with Crippen molar-refractivity contribution < 1.29 is 0 Å². The Balaban J connectivity index is 2.23. The van der Waals surface area contributed by atoms with Crippen LogP contribution in [0.25, 0.3) is 22.2 Å². The van der Waals surface area contributed by atoms with Gasteiger partial charge in [-0.05, 0) is 43.7 Å².